The van der Waals surface area contributed by atoms with Gasteiger partial charge in [0.1, 0.15) is 17.5 Å². The number of thioether (sulfide) groups is 1. The first-order valence-corrected chi connectivity index (χ1v) is 9.80. The topological polar surface area (TPSA) is 70.4 Å². The highest BCUT2D eigenvalue weighted by molar-refractivity contribution is 8.00. The first-order valence-electron chi connectivity index (χ1n) is 8.82. The second-order valence-electron chi connectivity index (χ2n) is 6.62. The molecule has 2 saturated heterocycles. The van der Waals surface area contributed by atoms with E-state index in [2.05, 4.69) is 6.07 Å². The van der Waals surface area contributed by atoms with Gasteiger partial charge in [0.25, 0.3) is 0 Å². The summed E-state index contributed by atoms with van der Waals surface area (Å²) in [6.07, 6.45) is 1.13. The van der Waals surface area contributed by atoms with E-state index in [1.54, 1.807) is 40.9 Å². The van der Waals surface area contributed by atoms with Crippen molar-refractivity contribution in [3.8, 4) is 6.07 Å². The van der Waals surface area contributed by atoms with Crippen LogP contribution >= 0.6 is 11.8 Å². The molecule has 0 aliphatic carbocycles. The largest absolute Gasteiger partial charge is 0.459 e. The van der Waals surface area contributed by atoms with E-state index in [4.69, 9.17) is 10.00 Å². The van der Waals surface area contributed by atoms with Crippen LogP contribution in [0.25, 0.3) is 0 Å². The summed E-state index contributed by atoms with van der Waals surface area (Å²) in [5.41, 5.74) is 2.20. The maximum absolute atomic E-state index is 12.8. The van der Waals surface area contributed by atoms with Gasteiger partial charge in [-0.25, -0.2) is 4.79 Å². The summed E-state index contributed by atoms with van der Waals surface area (Å²) in [5.74, 6) is 0.0887. The molecule has 0 saturated carbocycles. The monoisotopic (exact) mass is 378 g/mol. The van der Waals surface area contributed by atoms with Gasteiger partial charge in [0.05, 0.1) is 11.6 Å². The fourth-order valence-electron chi connectivity index (χ4n) is 3.82. The number of esters is 1. The Labute approximate surface area is 161 Å². The standard InChI is InChI=1S/C21H18N2O3S/c22-12-15-6-4-5-7-16(15)13-26-20(25)18-14-27-21(11-10-19(24)23(18)21)17-8-2-1-3-9-17/h1-9,18H,10-11,13-14H2/t18-,21+/m0/s1. The van der Waals surface area contributed by atoms with Crippen molar-refractivity contribution in [1.82, 2.24) is 4.90 Å². The Bertz CT molecular complexity index is 925. The lowest BCUT2D eigenvalue weighted by Crippen LogP contribution is -2.46. The van der Waals surface area contributed by atoms with Crippen molar-refractivity contribution in [2.45, 2.75) is 30.4 Å². The van der Waals surface area contributed by atoms with Crippen LogP contribution in [0.15, 0.2) is 54.6 Å². The number of amides is 1. The Morgan fingerprint density at radius 2 is 1.96 bits per heavy atom. The highest BCUT2D eigenvalue weighted by Crippen LogP contribution is 2.54. The normalized spacial score (nSPS) is 23.7. The number of carbonyl (C=O) groups excluding carboxylic acids is 2. The third kappa shape index (κ3) is 2.98. The summed E-state index contributed by atoms with van der Waals surface area (Å²) in [4.78, 5) is 26.6. The van der Waals surface area contributed by atoms with Crippen LogP contribution < -0.4 is 0 Å². The molecule has 2 atom stereocenters. The minimum atomic E-state index is -0.598. The highest BCUT2D eigenvalue weighted by atomic mass is 32.2. The predicted molar refractivity (Wildman–Crippen MR) is 101 cm³/mol. The first kappa shape index (κ1) is 17.6. The molecule has 6 heteroatoms. The molecule has 2 aromatic rings. The molecule has 4 rings (SSSR count). The van der Waals surface area contributed by atoms with Gasteiger partial charge in [0.15, 0.2) is 0 Å². The summed E-state index contributed by atoms with van der Waals surface area (Å²) >= 11 is 1.63. The summed E-state index contributed by atoms with van der Waals surface area (Å²) in [5, 5.41) is 9.17. The van der Waals surface area contributed by atoms with E-state index < -0.39 is 16.9 Å². The lowest BCUT2D eigenvalue weighted by atomic mass is 10.0. The third-order valence-corrected chi connectivity index (χ3v) is 6.73. The second kappa shape index (κ2) is 7.09. The smallest absolute Gasteiger partial charge is 0.330 e. The maximum atomic E-state index is 12.8. The third-order valence-electron chi connectivity index (χ3n) is 5.13. The van der Waals surface area contributed by atoms with Crippen LogP contribution in [-0.2, 0) is 25.8 Å². The summed E-state index contributed by atoms with van der Waals surface area (Å²) in [6, 6.07) is 18.4. The Morgan fingerprint density at radius 1 is 1.22 bits per heavy atom. The molecule has 2 heterocycles. The molecular formula is C21H18N2O3S. The molecule has 5 nitrogen and oxygen atoms in total. The Balaban J connectivity index is 1.54. The van der Waals surface area contributed by atoms with Gasteiger partial charge < -0.3 is 9.64 Å². The summed E-state index contributed by atoms with van der Waals surface area (Å²) in [6.45, 7) is 0.0318. The van der Waals surface area contributed by atoms with Gasteiger partial charge in [-0.3, -0.25) is 4.79 Å². The molecule has 136 valence electrons. The van der Waals surface area contributed by atoms with Crippen LogP contribution in [0, 0.1) is 11.3 Å². The Kier molecular flexibility index (Phi) is 4.63. The van der Waals surface area contributed by atoms with E-state index in [0.29, 0.717) is 29.7 Å². The van der Waals surface area contributed by atoms with Crippen molar-refractivity contribution in [3.05, 3.63) is 71.3 Å². The van der Waals surface area contributed by atoms with E-state index in [1.165, 1.54) is 0 Å². The number of ether oxygens (including phenoxy) is 1. The van der Waals surface area contributed by atoms with Crippen LogP contribution in [0.1, 0.15) is 29.5 Å². The van der Waals surface area contributed by atoms with Crippen molar-refractivity contribution in [2.24, 2.45) is 0 Å². The molecule has 0 N–H and O–H groups in total. The number of benzene rings is 2. The van der Waals surface area contributed by atoms with Crippen molar-refractivity contribution >= 4 is 23.6 Å². The number of carbonyl (C=O) groups is 2. The molecular weight excluding hydrogens is 360 g/mol. The number of nitrogens with zero attached hydrogens (tertiary/aromatic N) is 2. The SMILES string of the molecule is N#Cc1ccccc1COC(=O)[C@@H]1CS[C@@]2(c3ccccc3)CCC(=O)N12. The van der Waals surface area contributed by atoms with E-state index >= 15 is 0 Å². The minimum absolute atomic E-state index is 0.0109. The van der Waals surface area contributed by atoms with E-state index in [-0.39, 0.29) is 12.5 Å². The number of fused-ring (bicyclic) bond motifs is 1. The van der Waals surface area contributed by atoms with Gasteiger partial charge in [-0.2, -0.15) is 5.26 Å². The lowest BCUT2D eigenvalue weighted by Gasteiger charge is -2.33. The molecule has 1 amide bonds. The van der Waals surface area contributed by atoms with Crippen molar-refractivity contribution in [2.75, 3.05) is 5.75 Å². The van der Waals surface area contributed by atoms with E-state index in [1.807, 2.05) is 30.3 Å². The van der Waals surface area contributed by atoms with Crippen LogP contribution in [0.5, 0.6) is 0 Å². The van der Waals surface area contributed by atoms with Gasteiger partial charge in [-0.15, -0.1) is 11.8 Å². The number of nitriles is 1. The average molecular weight is 378 g/mol. The predicted octanol–water partition coefficient (Wildman–Crippen LogP) is 3.19. The van der Waals surface area contributed by atoms with Crippen LogP contribution in [-0.4, -0.2) is 28.6 Å². The lowest BCUT2D eigenvalue weighted by molar-refractivity contribution is -0.155. The highest BCUT2D eigenvalue weighted by Gasteiger charge is 2.57. The minimum Gasteiger partial charge on any atom is -0.459 e. The van der Waals surface area contributed by atoms with Crippen molar-refractivity contribution in [3.63, 3.8) is 0 Å². The molecule has 2 fully saturated rings. The fraction of sp³-hybridized carbons (Fsp3) is 0.286. The molecule has 2 aromatic carbocycles. The summed E-state index contributed by atoms with van der Waals surface area (Å²) < 4.78 is 5.49. The molecule has 0 radical (unpaired) electrons. The Hall–Kier alpha value is -2.78. The molecule has 27 heavy (non-hydrogen) atoms. The fourth-order valence-corrected chi connectivity index (χ4v) is 5.45. The zero-order valence-corrected chi connectivity index (χ0v) is 15.4. The molecule has 2 aliphatic rings. The van der Waals surface area contributed by atoms with Crippen molar-refractivity contribution in [1.29, 1.82) is 5.26 Å². The van der Waals surface area contributed by atoms with Gasteiger partial charge in [-0.1, -0.05) is 48.5 Å². The number of hydrogen-bond donors (Lipinski definition) is 0. The zero-order chi connectivity index (χ0) is 18.9. The van der Waals surface area contributed by atoms with Gasteiger partial charge >= 0.3 is 5.97 Å². The summed E-state index contributed by atoms with van der Waals surface area (Å²) in [7, 11) is 0. The van der Waals surface area contributed by atoms with Gasteiger partial charge in [-0.05, 0) is 18.1 Å². The van der Waals surface area contributed by atoms with Crippen LogP contribution in [0.3, 0.4) is 0 Å². The van der Waals surface area contributed by atoms with Gasteiger partial charge in [0.2, 0.25) is 5.91 Å². The first-order chi connectivity index (χ1) is 13.2. The zero-order valence-electron chi connectivity index (χ0n) is 14.6. The molecule has 2 aliphatic heterocycles. The van der Waals surface area contributed by atoms with E-state index in [0.717, 1.165) is 5.56 Å². The molecule has 0 unspecified atom stereocenters. The molecule has 0 bridgehead atoms. The van der Waals surface area contributed by atoms with Crippen LogP contribution in [0.2, 0.25) is 0 Å². The molecule has 0 spiro atoms. The Morgan fingerprint density at radius 3 is 2.74 bits per heavy atom. The average Bonchev–Trinajstić information content (AvgIpc) is 3.26. The van der Waals surface area contributed by atoms with Crippen molar-refractivity contribution < 1.29 is 14.3 Å². The van der Waals surface area contributed by atoms with E-state index in [9.17, 15) is 9.59 Å². The quantitative estimate of drug-likeness (QED) is 0.764. The number of hydrogen-bond acceptors (Lipinski definition) is 5. The second-order valence-corrected chi connectivity index (χ2v) is 7.91. The van der Waals surface area contributed by atoms with Gasteiger partial charge in [0, 0.05) is 17.7 Å². The maximum Gasteiger partial charge on any atom is 0.330 e. The number of rotatable bonds is 4. The van der Waals surface area contributed by atoms with Crippen LogP contribution in [0.4, 0.5) is 0 Å². The molecule has 0 aromatic heterocycles.